The lowest BCUT2D eigenvalue weighted by molar-refractivity contribution is -0.304. The van der Waals surface area contributed by atoms with E-state index in [1.807, 2.05) is 25.3 Å². The molecule has 5 aliphatic carbocycles. The number of likely N-dealkylation sites (tertiary alicyclic amines) is 1. The van der Waals surface area contributed by atoms with Crippen LogP contribution >= 0.6 is 0 Å². The molecule has 0 radical (unpaired) electrons. The number of unbranched alkanes of at least 4 members (excludes halogenated alkanes) is 12. The summed E-state index contributed by atoms with van der Waals surface area (Å²) >= 11 is 0. The third-order valence-electron chi connectivity index (χ3n) is 16.4. The average Bonchev–Trinajstić information content (AvgIpc) is 3.66. The maximum absolute atomic E-state index is 14.5. The summed E-state index contributed by atoms with van der Waals surface area (Å²) < 4.78 is 39.5. The number of carbonyl (C=O) groups is 2. The Morgan fingerprint density at radius 1 is 0.793 bits per heavy atom. The van der Waals surface area contributed by atoms with Crippen LogP contribution in [0.2, 0.25) is 0 Å². The van der Waals surface area contributed by atoms with E-state index in [1.54, 1.807) is 33.5 Å². The zero-order valence-corrected chi connectivity index (χ0v) is 36.5. The molecule has 6 fully saturated rings. The minimum Gasteiger partial charge on any atom is -0.458 e. The van der Waals surface area contributed by atoms with Crippen LogP contribution in [-0.2, 0) is 33.2 Å². The second-order valence-corrected chi connectivity index (χ2v) is 19.0. The predicted octanol–water partition coefficient (Wildman–Crippen LogP) is 8.02. The van der Waals surface area contributed by atoms with Crippen molar-refractivity contribution in [1.29, 1.82) is 0 Å². The van der Waals surface area contributed by atoms with Crippen molar-refractivity contribution >= 4 is 11.9 Å². The first-order valence-corrected chi connectivity index (χ1v) is 23.2. The standard InChI is InChI=1S/C48H75NO9/c1-7-9-10-11-12-13-14-15-16-17-18-19-23-26-36(50)58-48-37-34(29-33(40(55-5)44(48)51)39(37)57-45(52)32-24-21-20-22-25-32)47-35(54-4)27-28-46(31-53-3)30-49(8-2)43(47)38(48)41(56-6)42(46)47/h20-22,24-25,33-35,37-44,51H,7-19,23,26-31H2,1-6H3/t33?,34-,35+,37-,38+,39+,40-,41+,42-,43?,44+,46+,47+,48-/m1/s1. The number of aliphatic hydroxyl groups is 1. The molecule has 1 N–H and O–H groups in total. The number of fused-ring (bicyclic) bond motifs is 2. The normalized spacial score (nSPS) is 39.5. The van der Waals surface area contributed by atoms with E-state index in [4.69, 9.17) is 28.4 Å². The van der Waals surface area contributed by atoms with Crippen molar-refractivity contribution in [3.63, 3.8) is 0 Å². The highest BCUT2D eigenvalue weighted by molar-refractivity contribution is 5.89. The Bertz CT molecular complexity index is 1510. The molecule has 1 saturated heterocycles. The molecular formula is C48H75NO9. The fraction of sp³-hybridized carbons (Fsp3) is 0.833. The lowest BCUT2D eigenvalue weighted by Gasteiger charge is -2.69. The molecular weight excluding hydrogens is 735 g/mol. The minimum absolute atomic E-state index is 0.0195. The van der Waals surface area contributed by atoms with E-state index in [1.165, 1.54) is 64.2 Å². The Hall–Kier alpha value is -2.08. The van der Waals surface area contributed by atoms with Gasteiger partial charge in [-0.05, 0) is 50.3 Å². The Kier molecular flexibility index (Phi) is 14.3. The SMILES string of the molecule is CCCCCCCCCCCCCCCC(=O)O[C@@]12[C@@H]3[C@@H](CC([C@@H](OC)[C@@H]1O)[C@@H]3OC(=O)c1ccccc1)[C@@]13C4[C@@H]2[C@H](OC)[C@@H]1[C@@](COC)(CC[C@@H]3OC)CN4CC. The Morgan fingerprint density at radius 2 is 1.43 bits per heavy atom. The van der Waals surface area contributed by atoms with E-state index in [9.17, 15) is 14.7 Å². The van der Waals surface area contributed by atoms with Crippen LogP contribution in [0.15, 0.2) is 30.3 Å². The lowest BCUT2D eigenvalue weighted by atomic mass is 9.43. The van der Waals surface area contributed by atoms with Crippen LogP contribution in [-0.4, -0.2) is 112 Å². The topological polar surface area (TPSA) is 113 Å². The number of methoxy groups -OCH3 is 4. The quantitative estimate of drug-likeness (QED) is 0.0862. The van der Waals surface area contributed by atoms with Gasteiger partial charge in [-0.2, -0.15) is 0 Å². The third-order valence-corrected chi connectivity index (χ3v) is 16.4. The molecule has 10 heteroatoms. The fourth-order valence-corrected chi connectivity index (χ4v) is 14.6. The van der Waals surface area contributed by atoms with E-state index < -0.39 is 47.1 Å². The van der Waals surface area contributed by atoms with Gasteiger partial charge in [0.2, 0.25) is 0 Å². The first-order valence-electron chi connectivity index (χ1n) is 23.2. The monoisotopic (exact) mass is 810 g/mol. The zero-order chi connectivity index (χ0) is 41.1. The second-order valence-electron chi connectivity index (χ2n) is 19.0. The van der Waals surface area contributed by atoms with Crippen LogP contribution in [0.5, 0.6) is 0 Å². The van der Waals surface area contributed by atoms with Crippen LogP contribution in [0.4, 0.5) is 0 Å². The first kappa shape index (κ1) is 44.0. The number of aliphatic hydroxyl groups excluding tert-OH is 1. The van der Waals surface area contributed by atoms with Crippen LogP contribution in [0.3, 0.4) is 0 Å². The molecule has 1 aromatic rings. The van der Waals surface area contributed by atoms with Crippen molar-refractivity contribution in [2.75, 3.05) is 48.1 Å². The molecule has 6 aliphatic rings. The number of nitrogens with zero attached hydrogens (tertiary/aromatic N) is 1. The molecule has 1 aromatic carbocycles. The van der Waals surface area contributed by atoms with Crippen molar-refractivity contribution in [2.24, 2.45) is 40.4 Å². The molecule has 7 bridgehead atoms. The summed E-state index contributed by atoms with van der Waals surface area (Å²) in [6.45, 7) is 6.67. The van der Waals surface area contributed by atoms with Gasteiger partial charge in [0.25, 0.3) is 0 Å². The van der Waals surface area contributed by atoms with Gasteiger partial charge < -0.3 is 33.5 Å². The Morgan fingerprint density at radius 3 is 2.02 bits per heavy atom. The van der Waals surface area contributed by atoms with Gasteiger partial charge in [-0.25, -0.2) is 4.79 Å². The van der Waals surface area contributed by atoms with E-state index in [2.05, 4.69) is 18.7 Å². The highest BCUT2D eigenvalue weighted by Crippen LogP contribution is 2.80. The van der Waals surface area contributed by atoms with Crippen molar-refractivity contribution in [2.45, 2.75) is 165 Å². The van der Waals surface area contributed by atoms with Gasteiger partial charge in [-0.1, -0.05) is 109 Å². The van der Waals surface area contributed by atoms with Crippen molar-refractivity contribution < 1.29 is 43.1 Å². The van der Waals surface area contributed by atoms with Gasteiger partial charge in [0.15, 0.2) is 5.60 Å². The predicted molar refractivity (Wildman–Crippen MR) is 222 cm³/mol. The molecule has 0 aromatic heterocycles. The molecule has 2 unspecified atom stereocenters. The third kappa shape index (κ3) is 7.19. The number of piperidine rings is 1. The Balaban J connectivity index is 1.19. The summed E-state index contributed by atoms with van der Waals surface area (Å²) in [5.41, 5.74) is -1.60. The van der Waals surface area contributed by atoms with Gasteiger partial charge >= 0.3 is 11.9 Å². The van der Waals surface area contributed by atoms with Gasteiger partial charge in [-0.15, -0.1) is 0 Å². The van der Waals surface area contributed by atoms with Crippen LogP contribution in [0.25, 0.3) is 0 Å². The Labute approximate surface area is 348 Å². The molecule has 10 nitrogen and oxygen atoms in total. The molecule has 1 spiro atoms. The zero-order valence-electron chi connectivity index (χ0n) is 36.5. The summed E-state index contributed by atoms with van der Waals surface area (Å²) in [6.07, 6.45) is 15.7. The first-order chi connectivity index (χ1) is 28.2. The summed E-state index contributed by atoms with van der Waals surface area (Å²) in [7, 11) is 7.03. The molecule has 326 valence electrons. The fourth-order valence-electron chi connectivity index (χ4n) is 14.6. The maximum atomic E-state index is 14.5. The number of benzene rings is 1. The highest BCUT2D eigenvalue weighted by atomic mass is 16.6. The minimum atomic E-state index is -1.42. The smallest absolute Gasteiger partial charge is 0.338 e. The van der Waals surface area contributed by atoms with Gasteiger partial charge in [0.1, 0.15) is 12.2 Å². The molecule has 1 heterocycles. The van der Waals surface area contributed by atoms with Crippen molar-refractivity contribution in [1.82, 2.24) is 4.90 Å². The molecule has 1 aliphatic heterocycles. The number of esters is 2. The van der Waals surface area contributed by atoms with Crippen LogP contribution < -0.4 is 0 Å². The van der Waals surface area contributed by atoms with Crippen molar-refractivity contribution in [3.05, 3.63) is 35.9 Å². The summed E-state index contributed by atoms with van der Waals surface area (Å²) in [5, 5.41) is 13.0. The largest absolute Gasteiger partial charge is 0.458 e. The van der Waals surface area contributed by atoms with Gasteiger partial charge in [0.05, 0.1) is 30.5 Å². The van der Waals surface area contributed by atoms with Crippen molar-refractivity contribution in [3.8, 4) is 0 Å². The van der Waals surface area contributed by atoms with E-state index >= 15 is 0 Å². The number of carbonyl (C=O) groups excluding carboxylic acids is 2. The summed E-state index contributed by atoms with van der Waals surface area (Å²) in [4.78, 5) is 31.2. The van der Waals surface area contributed by atoms with E-state index in [0.717, 1.165) is 45.2 Å². The average molecular weight is 810 g/mol. The maximum Gasteiger partial charge on any atom is 0.338 e. The second kappa shape index (κ2) is 18.9. The molecule has 5 saturated carbocycles. The molecule has 0 amide bonds. The number of hydrogen-bond donors (Lipinski definition) is 1. The van der Waals surface area contributed by atoms with Gasteiger partial charge in [0, 0.05) is 81.9 Å². The summed E-state index contributed by atoms with van der Waals surface area (Å²) in [6, 6.07) is 9.01. The van der Waals surface area contributed by atoms with Crippen LogP contribution in [0.1, 0.15) is 133 Å². The highest BCUT2D eigenvalue weighted by Gasteiger charge is 2.89. The lowest BCUT2D eigenvalue weighted by Crippen LogP contribution is -2.79. The van der Waals surface area contributed by atoms with E-state index in [0.29, 0.717) is 18.6 Å². The number of ether oxygens (including phenoxy) is 6. The molecule has 14 atom stereocenters. The van der Waals surface area contributed by atoms with Crippen LogP contribution in [0, 0.1) is 40.4 Å². The number of rotatable bonds is 23. The van der Waals surface area contributed by atoms with E-state index in [-0.39, 0.29) is 53.8 Å². The summed E-state index contributed by atoms with van der Waals surface area (Å²) in [5.74, 6) is -1.99. The number of hydrogen-bond acceptors (Lipinski definition) is 10. The molecule has 7 rings (SSSR count). The molecule has 58 heavy (non-hydrogen) atoms. The van der Waals surface area contributed by atoms with Gasteiger partial charge in [-0.3, -0.25) is 9.69 Å².